The summed E-state index contributed by atoms with van der Waals surface area (Å²) in [5.41, 5.74) is 2.11. The van der Waals surface area contributed by atoms with Crippen molar-refractivity contribution in [1.29, 1.82) is 0 Å². The minimum Gasteiger partial charge on any atom is -0.392 e. The van der Waals surface area contributed by atoms with Gasteiger partial charge in [0.1, 0.15) is 11.0 Å². The number of benzene rings is 1. The van der Waals surface area contributed by atoms with Crippen molar-refractivity contribution in [1.82, 2.24) is 25.2 Å². The number of rotatable bonds is 5. The minimum absolute atomic E-state index is 0.0301. The summed E-state index contributed by atoms with van der Waals surface area (Å²) in [7, 11) is 0. The molecule has 1 spiro atoms. The van der Waals surface area contributed by atoms with Crippen molar-refractivity contribution < 1.29 is 9.90 Å². The Labute approximate surface area is 169 Å². The third-order valence-electron chi connectivity index (χ3n) is 6.21. The zero-order valence-electron chi connectivity index (χ0n) is 16.4. The number of fused-ring (bicyclic) bond motifs is 1. The monoisotopic (exact) mass is 403 g/mol. The Balaban J connectivity index is 1.41. The van der Waals surface area contributed by atoms with Gasteiger partial charge >= 0.3 is 0 Å². The smallest absolute Gasteiger partial charge is 0.256 e. The molecule has 2 N–H and O–H groups in total. The number of aromatic amines is 1. The first-order valence-electron chi connectivity index (χ1n) is 10.1. The van der Waals surface area contributed by atoms with E-state index in [-0.39, 0.29) is 17.4 Å². The lowest BCUT2D eigenvalue weighted by atomic mass is 9.71. The number of hydrogen-bond acceptors (Lipinski definition) is 6. The number of β-amino-alcohol motifs (C(OH)–C–C–N with tert-alkyl or cyclic N) is 1. The maximum absolute atomic E-state index is 13.1. The van der Waals surface area contributed by atoms with E-state index in [4.69, 9.17) is 0 Å². The van der Waals surface area contributed by atoms with Gasteiger partial charge in [0.15, 0.2) is 0 Å². The van der Waals surface area contributed by atoms with E-state index < -0.39 is 0 Å². The Morgan fingerprint density at radius 1 is 1.36 bits per heavy atom. The van der Waals surface area contributed by atoms with Crippen LogP contribution in [0.4, 0.5) is 0 Å². The van der Waals surface area contributed by atoms with Crippen LogP contribution < -0.4 is 0 Å². The molecule has 3 heterocycles. The Morgan fingerprint density at radius 2 is 2.18 bits per heavy atom. The highest BCUT2D eigenvalue weighted by atomic mass is 32.2. The first-order valence-corrected chi connectivity index (χ1v) is 11.5. The van der Waals surface area contributed by atoms with Gasteiger partial charge in [-0.2, -0.15) is 27.2 Å². The highest BCUT2D eigenvalue weighted by molar-refractivity contribution is 7.98. The largest absolute Gasteiger partial charge is 0.392 e. The molecular formula is C20H29N5O2S. The zero-order valence-corrected chi connectivity index (χ0v) is 17.2. The molecule has 28 heavy (non-hydrogen) atoms. The Kier molecular flexibility index (Phi) is 5.89. The quantitative estimate of drug-likeness (QED) is 0.743. The van der Waals surface area contributed by atoms with Gasteiger partial charge in [0.2, 0.25) is 0 Å². The number of likely N-dealkylation sites (tertiary alicyclic amines) is 2. The molecule has 1 aromatic heterocycles. The van der Waals surface area contributed by atoms with Crippen LogP contribution >= 0.6 is 11.8 Å². The lowest BCUT2D eigenvalue weighted by Gasteiger charge is -2.49. The molecule has 7 nitrogen and oxygen atoms in total. The van der Waals surface area contributed by atoms with Gasteiger partial charge in [-0.15, -0.1) is 0 Å². The summed E-state index contributed by atoms with van der Waals surface area (Å²) in [6.45, 7) is 4.35. The van der Waals surface area contributed by atoms with E-state index in [1.54, 1.807) is 0 Å². The molecule has 1 aromatic carbocycles. The van der Waals surface area contributed by atoms with Crippen molar-refractivity contribution in [2.45, 2.75) is 31.8 Å². The third kappa shape index (κ3) is 4.04. The van der Waals surface area contributed by atoms with Gasteiger partial charge in [-0.05, 0) is 61.8 Å². The van der Waals surface area contributed by atoms with Crippen molar-refractivity contribution in [3.05, 3.63) is 23.8 Å². The molecule has 2 aliphatic rings. The van der Waals surface area contributed by atoms with E-state index in [2.05, 4.69) is 26.6 Å². The van der Waals surface area contributed by atoms with Crippen LogP contribution in [0.25, 0.3) is 11.0 Å². The van der Waals surface area contributed by atoms with Crippen LogP contribution in [0.2, 0.25) is 0 Å². The molecule has 152 valence electrons. The predicted molar refractivity (Wildman–Crippen MR) is 112 cm³/mol. The molecular weight excluding hydrogens is 374 g/mol. The number of aromatic nitrogens is 3. The van der Waals surface area contributed by atoms with E-state index in [1.807, 2.05) is 34.9 Å². The fourth-order valence-electron chi connectivity index (χ4n) is 4.83. The molecule has 2 aromatic rings. The van der Waals surface area contributed by atoms with Crippen LogP contribution in [0.15, 0.2) is 18.2 Å². The summed E-state index contributed by atoms with van der Waals surface area (Å²) in [5.74, 6) is 1.19. The number of nitrogens with zero attached hydrogens (tertiary/aromatic N) is 4. The molecule has 8 heteroatoms. The second-order valence-corrected chi connectivity index (χ2v) is 9.21. The molecule has 1 atom stereocenters. The summed E-state index contributed by atoms with van der Waals surface area (Å²) >= 11 is 1.88. The number of aliphatic hydroxyl groups excluding tert-OH is 1. The molecule has 1 amide bonds. The number of H-pyrrole nitrogens is 1. The highest BCUT2D eigenvalue weighted by Crippen LogP contribution is 2.40. The van der Waals surface area contributed by atoms with E-state index >= 15 is 0 Å². The Bertz CT molecular complexity index is 818. The first-order chi connectivity index (χ1) is 13.6. The molecule has 2 saturated heterocycles. The van der Waals surface area contributed by atoms with E-state index in [9.17, 15) is 9.90 Å². The van der Waals surface area contributed by atoms with Gasteiger partial charge in [-0.25, -0.2) is 0 Å². The number of carbonyl (C=O) groups is 1. The van der Waals surface area contributed by atoms with E-state index in [1.165, 1.54) is 0 Å². The molecule has 2 aliphatic heterocycles. The number of thioether (sulfide) groups is 1. The number of aliphatic hydroxyl groups is 1. The van der Waals surface area contributed by atoms with Gasteiger partial charge in [0, 0.05) is 26.2 Å². The summed E-state index contributed by atoms with van der Waals surface area (Å²) in [5, 5.41) is 21.3. The van der Waals surface area contributed by atoms with Crippen LogP contribution in [0.1, 0.15) is 36.0 Å². The normalized spacial score (nSPS) is 22.8. The zero-order chi connectivity index (χ0) is 19.6. The molecule has 1 unspecified atom stereocenters. The SMILES string of the molecule is CSCCCN1CC(O)CC2(CCN(C(=O)c3cccc4n[nH]nc34)CC2)C1. The van der Waals surface area contributed by atoms with Crippen molar-refractivity contribution >= 4 is 28.7 Å². The van der Waals surface area contributed by atoms with Crippen LogP contribution in [-0.4, -0.2) is 87.1 Å². The standard InChI is InChI=1S/C20H29N5O2S/c1-28-11-3-8-24-13-15(26)12-20(14-24)6-9-25(10-7-20)19(27)16-4-2-5-17-18(16)22-23-21-17/h2,4-5,15,26H,3,6-14H2,1H3,(H,21,22,23). The third-order valence-corrected chi connectivity index (χ3v) is 6.91. The average molecular weight is 404 g/mol. The number of nitrogens with one attached hydrogen (secondary N) is 1. The van der Waals surface area contributed by atoms with Crippen LogP contribution in [-0.2, 0) is 0 Å². The van der Waals surface area contributed by atoms with Gasteiger partial charge in [-0.1, -0.05) is 6.07 Å². The van der Waals surface area contributed by atoms with E-state index in [0.29, 0.717) is 11.1 Å². The summed E-state index contributed by atoms with van der Waals surface area (Å²) in [6, 6.07) is 5.54. The maximum Gasteiger partial charge on any atom is 0.256 e. The van der Waals surface area contributed by atoms with Gasteiger partial charge in [0.25, 0.3) is 5.91 Å². The number of piperidine rings is 2. The number of hydrogen-bond donors (Lipinski definition) is 2. The van der Waals surface area contributed by atoms with Gasteiger partial charge in [-0.3, -0.25) is 4.79 Å². The maximum atomic E-state index is 13.1. The minimum atomic E-state index is -0.255. The molecule has 0 bridgehead atoms. The Morgan fingerprint density at radius 3 is 2.96 bits per heavy atom. The number of amides is 1. The summed E-state index contributed by atoms with van der Waals surface area (Å²) in [4.78, 5) is 17.4. The first kappa shape index (κ1) is 19.7. The van der Waals surface area contributed by atoms with Crippen LogP contribution in [0.5, 0.6) is 0 Å². The summed E-state index contributed by atoms with van der Waals surface area (Å²) < 4.78 is 0. The second kappa shape index (κ2) is 8.39. The number of carbonyl (C=O) groups excluding carboxylic acids is 1. The molecule has 2 fully saturated rings. The Hall–Kier alpha value is -1.64. The van der Waals surface area contributed by atoms with Crippen molar-refractivity contribution in [3.63, 3.8) is 0 Å². The van der Waals surface area contributed by atoms with Crippen LogP contribution in [0, 0.1) is 5.41 Å². The van der Waals surface area contributed by atoms with Crippen molar-refractivity contribution in [2.24, 2.45) is 5.41 Å². The fourth-order valence-corrected chi connectivity index (χ4v) is 5.24. The topological polar surface area (TPSA) is 85.4 Å². The van der Waals surface area contributed by atoms with Crippen LogP contribution in [0.3, 0.4) is 0 Å². The highest BCUT2D eigenvalue weighted by Gasteiger charge is 2.42. The molecule has 4 rings (SSSR count). The molecule has 0 radical (unpaired) electrons. The van der Waals surface area contributed by atoms with Crippen molar-refractivity contribution in [3.8, 4) is 0 Å². The van der Waals surface area contributed by atoms with Gasteiger partial charge in [0.05, 0.1) is 11.7 Å². The summed E-state index contributed by atoms with van der Waals surface area (Å²) in [6.07, 6.45) is 5.80. The lowest BCUT2D eigenvalue weighted by Crippen LogP contribution is -2.54. The van der Waals surface area contributed by atoms with E-state index in [0.717, 1.165) is 69.7 Å². The predicted octanol–water partition coefficient (Wildman–Crippen LogP) is 2.00. The van der Waals surface area contributed by atoms with Crippen molar-refractivity contribution in [2.75, 3.05) is 44.7 Å². The fraction of sp³-hybridized carbons (Fsp3) is 0.650. The molecule has 0 saturated carbocycles. The second-order valence-electron chi connectivity index (χ2n) is 8.23. The molecule has 0 aliphatic carbocycles. The average Bonchev–Trinajstić information content (AvgIpc) is 3.16. The van der Waals surface area contributed by atoms with Gasteiger partial charge < -0.3 is 14.9 Å². The lowest BCUT2D eigenvalue weighted by molar-refractivity contribution is -0.0372. The number of para-hydroxylation sites is 1.